The number of benzene rings is 1. The maximum Gasteiger partial charge on any atom is 0.225 e. The summed E-state index contributed by atoms with van der Waals surface area (Å²) < 4.78 is 1.97. The van der Waals surface area contributed by atoms with Crippen LogP contribution in [-0.2, 0) is 11.8 Å². The van der Waals surface area contributed by atoms with E-state index in [1.54, 1.807) is 18.0 Å². The number of aryl methyl sites for hydroxylation is 1. The average molecular weight is 290 g/mol. The Morgan fingerprint density at radius 2 is 2.10 bits per heavy atom. The monoisotopic (exact) mass is 290 g/mol. The van der Waals surface area contributed by atoms with Crippen molar-refractivity contribution in [3.8, 4) is 0 Å². The van der Waals surface area contributed by atoms with E-state index < -0.39 is 0 Å². The predicted molar refractivity (Wildman–Crippen MR) is 80.9 cm³/mol. The molecule has 20 heavy (non-hydrogen) atoms. The lowest BCUT2D eigenvalue weighted by atomic mass is 10.3. The Hall–Kier alpha value is -1.79. The molecule has 0 saturated carbocycles. The molecule has 2 rings (SSSR count). The first-order chi connectivity index (χ1) is 9.69. The van der Waals surface area contributed by atoms with Crippen molar-refractivity contribution in [2.45, 2.75) is 16.5 Å². The van der Waals surface area contributed by atoms with Crippen LogP contribution in [0.5, 0.6) is 0 Å². The molecular weight excluding hydrogens is 272 g/mol. The standard InChI is InChI=1S/C14H18N4OS/c1-15-8-7-13(19)17-11-3-5-12(6-4-11)20-14-16-9-10-18(14)2/h3-6,9-10,15H,7-8H2,1-2H3,(H,17,19). The van der Waals surface area contributed by atoms with Gasteiger partial charge in [0.25, 0.3) is 0 Å². The number of hydrogen-bond donors (Lipinski definition) is 2. The van der Waals surface area contributed by atoms with Crippen LogP contribution in [0.4, 0.5) is 5.69 Å². The first-order valence-corrected chi connectivity index (χ1v) is 7.20. The fraction of sp³-hybridized carbons (Fsp3) is 0.286. The molecular formula is C14H18N4OS. The smallest absolute Gasteiger partial charge is 0.225 e. The quantitative estimate of drug-likeness (QED) is 0.855. The highest BCUT2D eigenvalue weighted by Crippen LogP contribution is 2.26. The SMILES string of the molecule is CNCCC(=O)Nc1ccc(Sc2nccn2C)cc1. The average Bonchev–Trinajstić information content (AvgIpc) is 2.84. The number of anilines is 1. The van der Waals surface area contributed by atoms with E-state index in [-0.39, 0.29) is 5.91 Å². The zero-order valence-electron chi connectivity index (χ0n) is 11.6. The van der Waals surface area contributed by atoms with Crippen molar-refractivity contribution in [2.24, 2.45) is 7.05 Å². The first-order valence-electron chi connectivity index (χ1n) is 6.39. The Morgan fingerprint density at radius 1 is 1.35 bits per heavy atom. The van der Waals surface area contributed by atoms with Gasteiger partial charge in [0.1, 0.15) is 0 Å². The summed E-state index contributed by atoms with van der Waals surface area (Å²) in [7, 11) is 3.79. The second-order valence-corrected chi connectivity index (χ2v) is 5.39. The fourth-order valence-electron chi connectivity index (χ4n) is 1.62. The zero-order chi connectivity index (χ0) is 14.4. The van der Waals surface area contributed by atoms with Gasteiger partial charge in [0.2, 0.25) is 5.91 Å². The first kappa shape index (κ1) is 14.6. The molecule has 2 aromatic rings. The maximum atomic E-state index is 11.6. The van der Waals surface area contributed by atoms with Gasteiger partial charge in [0, 0.05) is 43.0 Å². The number of carbonyl (C=O) groups is 1. The number of nitrogens with one attached hydrogen (secondary N) is 2. The van der Waals surface area contributed by atoms with Crippen molar-refractivity contribution < 1.29 is 4.79 Å². The molecule has 1 heterocycles. The maximum absolute atomic E-state index is 11.6. The van der Waals surface area contributed by atoms with Gasteiger partial charge in [-0.1, -0.05) is 11.8 Å². The number of aromatic nitrogens is 2. The Balaban J connectivity index is 1.93. The van der Waals surface area contributed by atoms with Crippen LogP contribution in [0.3, 0.4) is 0 Å². The van der Waals surface area contributed by atoms with Crippen LogP contribution >= 0.6 is 11.8 Å². The summed E-state index contributed by atoms with van der Waals surface area (Å²) in [4.78, 5) is 16.9. The summed E-state index contributed by atoms with van der Waals surface area (Å²) in [5.41, 5.74) is 0.815. The third-order valence-electron chi connectivity index (χ3n) is 2.73. The van der Waals surface area contributed by atoms with E-state index in [4.69, 9.17) is 0 Å². The third-order valence-corrected chi connectivity index (χ3v) is 3.81. The van der Waals surface area contributed by atoms with Crippen molar-refractivity contribution in [1.82, 2.24) is 14.9 Å². The van der Waals surface area contributed by atoms with Crippen LogP contribution in [-0.4, -0.2) is 29.1 Å². The van der Waals surface area contributed by atoms with Crippen molar-refractivity contribution >= 4 is 23.4 Å². The molecule has 6 heteroatoms. The molecule has 1 aromatic carbocycles. The topological polar surface area (TPSA) is 59.0 Å². The summed E-state index contributed by atoms with van der Waals surface area (Å²) in [5.74, 6) is 0.0175. The lowest BCUT2D eigenvalue weighted by molar-refractivity contribution is -0.116. The Labute approximate surface area is 122 Å². The predicted octanol–water partition coefficient (Wildman–Crippen LogP) is 2.12. The van der Waals surface area contributed by atoms with E-state index in [1.165, 1.54) is 0 Å². The van der Waals surface area contributed by atoms with Gasteiger partial charge in [-0.25, -0.2) is 4.98 Å². The van der Waals surface area contributed by atoms with Gasteiger partial charge in [0.05, 0.1) is 0 Å². The van der Waals surface area contributed by atoms with Crippen molar-refractivity contribution in [3.05, 3.63) is 36.7 Å². The number of carbonyl (C=O) groups excluding carboxylic acids is 1. The summed E-state index contributed by atoms with van der Waals surface area (Å²) >= 11 is 1.59. The summed E-state index contributed by atoms with van der Waals surface area (Å²) in [5, 5.41) is 6.76. The minimum absolute atomic E-state index is 0.0175. The third kappa shape index (κ3) is 4.11. The van der Waals surface area contributed by atoms with Crippen LogP contribution in [0.2, 0.25) is 0 Å². The molecule has 106 valence electrons. The van der Waals surface area contributed by atoms with Gasteiger partial charge in [-0.05, 0) is 31.3 Å². The molecule has 0 aliphatic rings. The number of hydrogen-bond acceptors (Lipinski definition) is 4. The van der Waals surface area contributed by atoms with Crippen molar-refractivity contribution in [2.75, 3.05) is 18.9 Å². The summed E-state index contributed by atoms with van der Waals surface area (Å²) in [6.07, 6.45) is 4.16. The molecule has 2 N–H and O–H groups in total. The van der Waals surface area contributed by atoms with E-state index in [0.29, 0.717) is 13.0 Å². The van der Waals surface area contributed by atoms with E-state index in [0.717, 1.165) is 15.7 Å². The molecule has 0 atom stereocenters. The number of rotatable bonds is 6. The number of nitrogens with zero attached hydrogens (tertiary/aromatic N) is 2. The number of imidazole rings is 1. The Bertz CT molecular complexity index is 565. The van der Waals surface area contributed by atoms with Gasteiger partial charge in [0.15, 0.2) is 5.16 Å². The summed E-state index contributed by atoms with van der Waals surface area (Å²) in [6, 6.07) is 7.77. The lowest BCUT2D eigenvalue weighted by Crippen LogP contribution is -2.18. The molecule has 0 bridgehead atoms. The molecule has 0 spiro atoms. The van der Waals surface area contributed by atoms with Crippen LogP contribution in [0.15, 0.2) is 46.7 Å². The molecule has 0 aliphatic heterocycles. The van der Waals surface area contributed by atoms with E-state index in [2.05, 4.69) is 15.6 Å². The van der Waals surface area contributed by atoms with E-state index in [9.17, 15) is 4.79 Å². The van der Waals surface area contributed by atoms with Crippen molar-refractivity contribution in [1.29, 1.82) is 0 Å². The summed E-state index contributed by atoms with van der Waals surface area (Å²) in [6.45, 7) is 0.679. The van der Waals surface area contributed by atoms with Crippen LogP contribution < -0.4 is 10.6 Å². The minimum atomic E-state index is 0.0175. The largest absolute Gasteiger partial charge is 0.329 e. The highest BCUT2D eigenvalue weighted by molar-refractivity contribution is 7.99. The fourth-order valence-corrected chi connectivity index (χ4v) is 2.43. The van der Waals surface area contributed by atoms with Gasteiger partial charge < -0.3 is 15.2 Å². The van der Waals surface area contributed by atoms with Crippen LogP contribution in [0.25, 0.3) is 0 Å². The Kier molecular flexibility index (Phi) is 5.20. The van der Waals surface area contributed by atoms with Gasteiger partial charge in [-0.15, -0.1) is 0 Å². The molecule has 0 aliphatic carbocycles. The molecule has 1 amide bonds. The molecule has 0 saturated heterocycles. The number of amides is 1. The second-order valence-electron chi connectivity index (χ2n) is 4.35. The van der Waals surface area contributed by atoms with Crippen LogP contribution in [0, 0.1) is 0 Å². The van der Waals surface area contributed by atoms with E-state index in [1.807, 2.05) is 49.1 Å². The highest BCUT2D eigenvalue weighted by Gasteiger charge is 2.04. The molecule has 0 fully saturated rings. The highest BCUT2D eigenvalue weighted by atomic mass is 32.2. The zero-order valence-corrected chi connectivity index (χ0v) is 12.4. The molecule has 0 unspecified atom stereocenters. The lowest BCUT2D eigenvalue weighted by Gasteiger charge is -2.06. The Morgan fingerprint density at radius 3 is 2.70 bits per heavy atom. The normalized spacial score (nSPS) is 10.5. The second kappa shape index (κ2) is 7.12. The van der Waals surface area contributed by atoms with E-state index >= 15 is 0 Å². The molecule has 0 radical (unpaired) electrons. The molecule has 5 nitrogen and oxygen atoms in total. The van der Waals surface area contributed by atoms with Crippen molar-refractivity contribution in [3.63, 3.8) is 0 Å². The minimum Gasteiger partial charge on any atom is -0.329 e. The van der Waals surface area contributed by atoms with Crippen LogP contribution in [0.1, 0.15) is 6.42 Å². The van der Waals surface area contributed by atoms with Gasteiger partial charge in [-0.2, -0.15) is 0 Å². The van der Waals surface area contributed by atoms with Gasteiger partial charge >= 0.3 is 0 Å². The molecule has 1 aromatic heterocycles. The van der Waals surface area contributed by atoms with Gasteiger partial charge in [-0.3, -0.25) is 4.79 Å².